The predicted octanol–water partition coefficient (Wildman–Crippen LogP) is 4.12. The first kappa shape index (κ1) is 22.4. The minimum Gasteiger partial charge on any atom is -0.508 e. The predicted molar refractivity (Wildman–Crippen MR) is 114 cm³/mol. The van der Waals surface area contributed by atoms with Gasteiger partial charge >= 0.3 is 12.2 Å². The molecule has 1 atom stereocenters. The molecule has 2 aromatic carbocycles. The van der Waals surface area contributed by atoms with E-state index >= 15 is 0 Å². The van der Waals surface area contributed by atoms with E-state index in [0.717, 1.165) is 38.2 Å². The Morgan fingerprint density at radius 3 is 2.44 bits per heavy atom. The first-order valence-corrected chi connectivity index (χ1v) is 10.7. The maximum atomic E-state index is 13.3. The molecule has 9 heteroatoms. The maximum absolute atomic E-state index is 13.3. The Morgan fingerprint density at radius 2 is 1.75 bits per heavy atom. The van der Waals surface area contributed by atoms with E-state index in [1.807, 2.05) is 0 Å². The van der Waals surface area contributed by atoms with E-state index in [1.165, 1.54) is 23.1 Å². The standard InChI is InChI=1S/C23H26F3N3O3/c24-23(25,26)18-4-1-3-17(15-18)21-16-28(10-2-9-27-11-13-32-14-12-27)22(31)29(21)19-5-7-20(30)8-6-19/h1,3-8,15,21,30H,2,9-14,16H2/t21-/m1/s1. The molecule has 2 aliphatic heterocycles. The number of urea groups is 1. The zero-order valence-corrected chi connectivity index (χ0v) is 17.6. The Hall–Kier alpha value is -2.78. The highest BCUT2D eigenvalue weighted by Crippen LogP contribution is 2.37. The second-order valence-corrected chi connectivity index (χ2v) is 8.06. The van der Waals surface area contributed by atoms with Gasteiger partial charge in [0, 0.05) is 38.4 Å². The summed E-state index contributed by atoms with van der Waals surface area (Å²) in [5, 5.41) is 9.61. The summed E-state index contributed by atoms with van der Waals surface area (Å²) in [7, 11) is 0. The summed E-state index contributed by atoms with van der Waals surface area (Å²) in [4.78, 5) is 18.8. The van der Waals surface area contributed by atoms with Crippen molar-refractivity contribution < 1.29 is 27.8 Å². The molecule has 0 radical (unpaired) electrons. The first-order valence-electron chi connectivity index (χ1n) is 10.7. The fraction of sp³-hybridized carbons (Fsp3) is 0.435. The average Bonchev–Trinajstić information content (AvgIpc) is 3.11. The molecule has 2 saturated heterocycles. The number of ether oxygens (including phenoxy) is 1. The first-order chi connectivity index (χ1) is 15.3. The van der Waals surface area contributed by atoms with Crippen molar-refractivity contribution in [2.45, 2.75) is 18.6 Å². The summed E-state index contributed by atoms with van der Waals surface area (Å²) < 4.78 is 45.2. The molecule has 2 heterocycles. The molecule has 2 fully saturated rings. The van der Waals surface area contributed by atoms with E-state index in [2.05, 4.69) is 4.90 Å². The van der Waals surface area contributed by atoms with Crippen molar-refractivity contribution in [2.75, 3.05) is 50.8 Å². The minimum absolute atomic E-state index is 0.0541. The van der Waals surface area contributed by atoms with Gasteiger partial charge in [-0.1, -0.05) is 12.1 Å². The van der Waals surface area contributed by atoms with Crippen LogP contribution in [0.3, 0.4) is 0 Å². The fourth-order valence-electron chi connectivity index (χ4n) is 4.23. The molecule has 172 valence electrons. The van der Waals surface area contributed by atoms with E-state index in [1.54, 1.807) is 23.1 Å². The van der Waals surface area contributed by atoms with Gasteiger partial charge in [0.1, 0.15) is 5.75 Å². The quantitative estimate of drug-likeness (QED) is 0.721. The lowest BCUT2D eigenvalue weighted by Crippen LogP contribution is -2.39. The molecule has 0 aliphatic carbocycles. The lowest BCUT2D eigenvalue weighted by atomic mass is 10.0. The number of carbonyl (C=O) groups excluding carboxylic acids is 1. The van der Waals surface area contributed by atoms with Crippen LogP contribution in [0.4, 0.5) is 23.7 Å². The van der Waals surface area contributed by atoms with Crippen molar-refractivity contribution in [3.8, 4) is 5.75 Å². The van der Waals surface area contributed by atoms with E-state index < -0.39 is 17.8 Å². The van der Waals surface area contributed by atoms with E-state index in [0.29, 0.717) is 37.6 Å². The number of alkyl halides is 3. The third-order valence-electron chi connectivity index (χ3n) is 5.91. The molecule has 32 heavy (non-hydrogen) atoms. The molecule has 2 amide bonds. The summed E-state index contributed by atoms with van der Waals surface area (Å²) >= 11 is 0. The molecular weight excluding hydrogens is 423 g/mol. The van der Waals surface area contributed by atoms with Gasteiger partial charge < -0.3 is 14.7 Å². The van der Waals surface area contributed by atoms with Crippen LogP contribution < -0.4 is 4.90 Å². The number of phenolic OH excluding ortho intramolecular Hbond substituents is 1. The molecule has 4 rings (SSSR count). The van der Waals surface area contributed by atoms with Crippen molar-refractivity contribution in [3.05, 3.63) is 59.7 Å². The van der Waals surface area contributed by atoms with Crippen LogP contribution in [-0.2, 0) is 10.9 Å². The van der Waals surface area contributed by atoms with Gasteiger partial charge in [-0.25, -0.2) is 4.79 Å². The molecule has 2 aromatic rings. The van der Waals surface area contributed by atoms with Crippen LogP contribution in [0.2, 0.25) is 0 Å². The smallest absolute Gasteiger partial charge is 0.416 e. The summed E-state index contributed by atoms with van der Waals surface area (Å²) in [5.41, 5.74) is 0.224. The topological polar surface area (TPSA) is 56.2 Å². The fourth-order valence-corrected chi connectivity index (χ4v) is 4.23. The van der Waals surface area contributed by atoms with Crippen LogP contribution in [0.15, 0.2) is 48.5 Å². The zero-order chi connectivity index (χ0) is 22.7. The highest BCUT2D eigenvalue weighted by molar-refractivity contribution is 5.95. The van der Waals surface area contributed by atoms with Gasteiger partial charge in [0.05, 0.1) is 24.8 Å². The Kier molecular flexibility index (Phi) is 6.57. The van der Waals surface area contributed by atoms with E-state index in [9.17, 15) is 23.1 Å². The summed E-state index contributed by atoms with van der Waals surface area (Å²) in [6.45, 7) is 4.77. The van der Waals surface area contributed by atoms with E-state index in [-0.39, 0.29) is 11.8 Å². The molecule has 6 nitrogen and oxygen atoms in total. The molecule has 1 N–H and O–H groups in total. The number of carbonyl (C=O) groups is 1. The summed E-state index contributed by atoms with van der Waals surface area (Å²) in [6, 6.07) is 10.5. The Morgan fingerprint density at radius 1 is 1.03 bits per heavy atom. The highest BCUT2D eigenvalue weighted by Gasteiger charge is 2.40. The number of amides is 2. The average molecular weight is 449 g/mol. The number of nitrogens with zero attached hydrogens (tertiary/aromatic N) is 3. The van der Waals surface area contributed by atoms with Gasteiger partial charge in [-0.3, -0.25) is 9.80 Å². The number of rotatable bonds is 6. The number of anilines is 1. The van der Waals surface area contributed by atoms with Gasteiger partial charge in [-0.2, -0.15) is 13.2 Å². The van der Waals surface area contributed by atoms with Gasteiger partial charge in [0.2, 0.25) is 0 Å². The third-order valence-corrected chi connectivity index (χ3v) is 5.91. The highest BCUT2D eigenvalue weighted by atomic mass is 19.4. The van der Waals surface area contributed by atoms with Crippen molar-refractivity contribution in [2.24, 2.45) is 0 Å². The van der Waals surface area contributed by atoms with Crippen LogP contribution in [0.25, 0.3) is 0 Å². The van der Waals surface area contributed by atoms with Gasteiger partial charge in [-0.15, -0.1) is 0 Å². The Labute approximate surface area is 184 Å². The zero-order valence-electron chi connectivity index (χ0n) is 17.6. The van der Waals surface area contributed by atoms with Crippen LogP contribution in [0, 0.1) is 0 Å². The molecule has 0 bridgehead atoms. The Balaban J connectivity index is 1.55. The number of aromatic hydroxyl groups is 1. The molecule has 2 aliphatic rings. The second-order valence-electron chi connectivity index (χ2n) is 8.06. The van der Waals surface area contributed by atoms with Gasteiger partial charge in [0.25, 0.3) is 0 Å². The SMILES string of the molecule is O=C1N(CCCN2CCOCC2)C[C@H](c2cccc(C(F)(F)F)c2)N1c1ccc(O)cc1. The van der Waals surface area contributed by atoms with Crippen molar-refractivity contribution in [1.82, 2.24) is 9.80 Å². The lowest BCUT2D eigenvalue weighted by Gasteiger charge is -2.27. The van der Waals surface area contributed by atoms with Crippen LogP contribution >= 0.6 is 0 Å². The summed E-state index contributed by atoms with van der Waals surface area (Å²) in [5.74, 6) is 0.0541. The number of halogens is 3. The van der Waals surface area contributed by atoms with Crippen LogP contribution in [0.5, 0.6) is 5.75 Å². The van der Waals surface area contributed by atoms with Crippen molar-refractivity contribution in [3.63, 3.8) is 0 Å². The monoisotopic (exact) mass is 449 g/mol. The minimum atomic E-state index is -4.46. The van der Waals surface area contributed by atoms with Crippen LogP contribution in [0.1, 0.15) is 23.6 Å². The number of hydrogen-bond acceptors (Lipinski definition) is 4. The third kappa shape index (κ3) is 4.99. The van der Waals surface area contributed by atoms with Gasteiger partial charge in [0.15, 0.2) is 0 Å². The van der Waals surface area contributed by atoms with Crippen molar-refractivity contribution >= 4 is 11.7 Å². The molecular formula is C23H26F3N3O3. The number of phenols is 1. The largest absolute Gasteiger partial charge is 0.508 e. The molecule has 0 aromatic heterocycles. The van der Waals surface area contributed by atoms with Gasteiger partial charge in [-0.05, 0) is 48.4 Å². The maximum Gasteiger partial charge on any atom is 0.416 e. The van der Waals surface area contributed by atoms with E-state index in [4.69, 9.17) is 4.74 Å². The second kappa shape index (κ2) is 9.38. The molecule has 0 unspecified atom stereocenters. The van der Waals surface area contributed by atoms with Crippen LogP contribution in [-0.4, -0.2) is 66.9 Å². The Bertz CT molecular complexity index is 930. The van der Waals surface area contributed by atoms with Crippen molar-refractivity contribution in [1.29, 1.82) is 0 Å². The summed E-state index contributed by atoms with van der Waals surface area (Å²) in [6.07, 6.45) is -3.69. The molecule has 0 spiro atoms. The normalized spacial score (nSPS) is 20.2. The number of morpholine rings is 1. The molecule has 0 saturated carbocycles. The number of benzene rings is 2. The lowest BCUT2D eigenvalue weighted by molar-refractivity contribution is -0.137. The number of hydrogen-bond donors (Lipinski definition) is 1.